The van der Waals surface area contributed by atoms with Crippen molar-refractivity contribution >= 4 is 87.4 Å². The van der Waals surface area contributed by atoms with Gasteiger partial charge in [-0.1, -0.05) is 140 Å². The van der Waals surface area contributed by atoms with Crippen LogP contribution in [0.3, 0.4) is 0 Å². The van der Waals surface area contributed by atoms with Gasteiger partial charge < -0.3 is 18.1 Å². The Bertz CT molecular complexity index is 4570. The highest BCUT2D eigenvalue weighted by molar-refractivity contribution is 6.17. The fourth-order valence-electron chi connectivity index (χ4n) is 11.5. The fraction of sp³-hybridized carbons (Fsp3) is 0. The summed E-state index contributed by atoms with van der Waals surface area (Å²) in [5.74, 6) is 0. The quantitative estimate of drug-likeness (QED) is 0.163. The van der Waals surface area contributed by atoms with Gasteiger partial charge in [0.15, 0.2) is 0 Å². The molecule has 0 saturated heterocycles. The zero-order valence-electron chi connectivity index (χ0n) is 37.9. The predicted octanol–water partition coefficient (Wildman–Crippen LogP) is 17.9. The molecule has 0 unspecified atom stereocenters. The maximum Gasteiger partial charge on any atom is 0.136 e. The van der Waals surface area contributed by atoms with Crippen LogP contribution < -0.4 is 0 Å². The second-order valence-electron chi connectivity index (χ2n) is 18.5. The third-order valence-corrected chi connectivity index (χ3v) is 14.6. The van der Waals surface area contributed by atoms with E-state index in [4.69, 9.17) is 4.42 Å². The minimum atomic E-state index is 0.877. The van der Waals surface area contributed by atoms with Gasteiger partial charge in [0.25, 0.3) is 0 Å². The summed E-state index contributed by atoms with van der Waals surface area (Å²) in [5, 5.41) is 9.61. The zero-order valence-corrected chi connectivity index (χ0v) is 37.9. The van der Waals surface area contributed by atoms with Crippen molar-refractivity contribution < 1.29 is 4.42 Å². The van der Waals surface area contributed by atoms with Crippen molar-refractivity contribution in [3.8, 4) is 50.4 Å². The molecule has 326 valence electrons. The van der Waals surface area contributed by atoms with E-state index in [0.717, 1.165) is 61.3 Å². The number of para-hydroxylation sites is 5. The molecule has 70 heavy (non-hydrogen) atoms. The van der Waals surface area contributed by atoms with Crippen LogP contribution in [0.4, 0.5) is 0 Å². The van der Waals surface area contributed by atoms with Gasteiger partial charge in [0.2, 0.25) is 0 Å². The molecule has 4 nitrogen and oxygen atoms in total. The topological polar surface area (TPSA) is 27.9 Å². The van der Waals surface area contributed by atoms with Gasteiger partial charge in [-0.25, -0.2) is 0 Å². The molecule has 4 heteroatoms. The molecule has 0 aliphatic carbocycles. The monoisotopic (exact) mass is 891 g/mol. The molecule has 15 aromatic rings. The second-order valence-corrected chi connectivity index (χ2v) is 18.5. The van der Waals surface area contributed by atoms with Crippen molar-refractivity contribution in [2.24, 2.45) is 0 Å². The SMILES string of the molecule is c1ccc(-n2c3ccc(-c4ccc5oc6cccc(-c7ccc8c(c7)c7ccccc7n8-c7ccccc7)c6c5c4)cc3c3cc(-c4ccc5c6ccccc6n(-c6ccccc6)c5c4)ccc32)cc1. The third-order valence-electron chi connectivity index (χ3n) is 14.6. The van der Waals surface area contributed by atoms with Crippen molar-refractivity contribution in [1.82, 2.24) is 13.7 Å². The van der Waals surface area contributed by atoms with E-state index in [1.807, 2.05) is 0 Å². The van der Waals surface area contributed by atoms with Crippen molar-refractivity contribution in [1.29, 1.82) is 0 Å². The van der Waals surface area contributed by atoms with Gasteiger partial charge in [0.1, 0.15) is 11.2 Å². The number of fused-ring (bicyclic) bond motifs is 12. The maximum absolute atomic E-state index is 6.63. The minimum absolute atomic E-state index is 0.877. The maximum atomic E-state index is 6.63. The van der Waals surface area contributed by atoms with Gasteiger partial charge in [-0.15, -0.1) is 0 Å². The van der Waals surface area contributed by atoms with Gasteiger partial charge in [-0.3, -0.25) is 0 Å². The van der Waals surface area contributed by atoms with E-state index in [1.54, 1.807) is 0 Å². The van der Waals surface area contributed by atoms with E-state index < -0.39 is 0 Å². The summed E-state index contributed by atoms with van der Waals surface area (Å²) >= 11 is 0. The molecule has 0 radical (unpaired) electrons. The lowest BCUT2D eigenvalue weighted by atomic mass is 9.96. The highest BCUT2D eigenvalue weighted by Crippen LogP contribution is 2.43. The van der Waals surface area contributed by atoms with Crippen molar-refractivity contribution in [3.63, 3.8) is 0 Å². The summed E-state index contributed by atoms with van der Waals surface area (Å²) in [6.45, 7) is 0. The Morgan fingerprint density at radius 3 is 1.21 bits per heavy atom. The van der Waals surface area contributed by atoms with E-state index in [2.05, 4.69) is 262 Å². The molecule has 0 aliphatic rings. The van der Waals surface area contributed by atoms with E-state index in [9.17, 15) is 0 Å². The Balaban J connectivity index is 0.891. The lowest BCUT2D eigenvalue weighted by Crippen LogP contribution is -1.93. The third kappa shape index (κ3) is 5.77. The predicted molar refractivity (Wildman–Crippen MR) is 293 cm³/mol. The Kier molecular flexibility index (Phi) is 8.33. The number of hydrogen-bond donors (Lipinski definition) is 0. The second kappa shape index (κ2) is 15.1. The summed E-state index contributed by atoms with van der Waals surface area (Å²) in [5.41, 5.74) is 19.3. The van der Waals surface area contributed by atoms with E-state index in [0.29, 0.717) is 0 Å². The Morgan fingerprint density at radius 1 is 0.229 bits per heavy atom. The van der Waals surface area contributed by atoms with Crippen LogP contribution in [0.15, 0.2) is 253 Å². The van der Waals surface area contributed by atoms with Gasteiger partial charge in [-0.05, 0) is 143 Å². The molecule has 4 heterocycles. The number of nitrogens with zero attached hydrogens (tertiary/aromatic N) is 3. The van der Waals surface area contributed by atoms with Crippen LogP contribution in [0.25, 0.3) is 138 Å². The molecule has 0 bridgehead atoms. The number of furan rings is 1. The van der Waals surface area contributed by atoms with E-state index in [-0.39, 0.29) is 0 Å². The largest absolute Gasteiger partial charge is 0.456 e. The molecular formula is C66H41N3O. The lowest BCUT2D eigenvalue weighted by Gasteiger charge is -2.10. The Morgan fingerprint density at radius 2 is 0.629 bits per heavy atom. The Labute approximate surface area is 402 Å². The van der Waals surface area contributed by atoms with Gasteiger partial charge in [-0.2, -0.15) is 0 Å². The normalized spacial score (nSPS) is 12.0. The molecule has 0 amide bonds. The highest BCUT2D eigenvalue weighted by atomic mass is 16.3. The molecule has 4 aromatic heterocycles. The van der Waals surface area contributed by atoms with Crippen LogP contribution in [0.5, 0.6) is 0 Å². The van der Waals surface area contributed by atoms with Crippen LogP contribution in [0, 0.1) is 0 Å². The van der Waals surface area contributed by atoms with E-state index in [1.165, 1.54) is 76.5 Å². The molecule has 0 aliphatic heterocycles. The van der Waals surface area contributed by atoms with E-state index >= 15 is 0 Å². The molecule has 11 aromatic carbocycles. The molecule has 0 fully saturated rings. The molecular weight excluding hydrogens is 851 g/mol. The number of hydrogen-bond acceptors (Lipinski definition) is 1. The molecule has 15 rings (SSSR count). The van der Waals surface area contributed by atoms with Crippen LogP contribution in [0.2, 0.25) is 0 Å². The average molecular weight is 892 g/mol. The smallest absolute Gasteiger partial charge is 0.136 e. The number of aromatic nitrogens is 3. The first-order valence-corrected chi connectivity index (χ1v) is 24.0. The average Bonchev–Trinajstić information content (AvgIpc) is 4.17. The fourth-order valence-corrected chi connectivity index (χ4v) is 11.5. The Hall–Kier alpha value is -9.38. The highest BCUT2D eigenvalue weighted by Gasteiger charge is 2.20. The molecule has 0 N–H and O–H groups in total. The first-order chi connectivity index (χ1) is 34.7. The molecule has 0 saturated carbocycles. The lowest BCUT2D eigenvalue weighted by molar-refractivity contribution is 0.669. The van der Waals surface area contributed by atoms with Gasteiger partial charge in [0.05, 0.1) is 33.1 Å². The van der Waals surface area contributed by atoms with Crippen molar-refractivity contribution in [2.45, 2.75) is 0 Å². The minimum Gasteiger partial charge on any atom is -0.456 e. The summed E-state index contributed by atoms with van der Waals surface area (Å²) in [6.07, 6.45) is 0. The number of benzene rings is 11. The first kappa shape index (κ1) is 38.7. The van der Waals surface area contributed by atoms with Crippen LogP contribution >= 0.6 is 0 Å². The van der Waals surface area contributed by atoms with Crippen LogP contribution in [-0.2, 0) is 0 Å². The summed E-state index contributed by atoms with van der Waals surface area (Å²) in [6, 6.07) is 90.4. The summed E-state index contributed by atoms with van der Waals surface area (Å²) in [7, 11) is 0. The van der Waals surface area contributed by atoms with Crippen LogP contribution in [-0.4, -0.2) is 13.7 Å². The molecule has 0 spiro atoms. The van der Waals surface area contributed by atoms with Gasteiger partial charge in [0, 0.05) is 60.2 Å². The standard InChI is InChI=1S/C66H41N3O/c1-4-15-47(16-5-1)67-59-25-13-11-22-52(59)54-40-46(30-35-60(54)67)50-23-14-26-65-66(50)57-39-44(31-36-64(57)70-65)42-28-33-61-55(37-42)56-38-43(29-34-62(56)68(61)48-17-6-2-7-18-48)45-27-32-53-51-21-10-12-24-58(51)69(63(53)41-45)49-19-8-3-9-20-49/h1-41H. The van der Waals surface area contributed by atoms with Crippen LogP contribution in [0.1, 0.15) is 0 Å². The summed E-state index contributed by atoms with van der Waals surface area (Å²) < 4.78 is 13.8. The zero-order chi connectivity index (χ0) is 45.9. The summed E-state index contributed by atoms with van der Waals surface area (Å²) in [4.78, 5) is 0. The van der Waals surface area contributed by atoms with Crippen molar-refractivity contribution in [2.75, 3.05) is 0 Å². The first-order valence-electron chi connectivity index (χ1n) is 24.0. The number of rotatable bonds is 6. The van der Waals surface area contributed by atoms with Crippen molar-refractivity contribution in [3.05, 3.63) is 249 Å². The molecule has 0 atom stereocenters. The van der Waals surface area contributed by atoms with Gasteiger partial charge >= 0.3 is 0 Å².